The van der Waals surface area contributed by atoms with Crippen molar-refractivity contribution in [1.82, 2.24) is 9.88 Å². The molecule has 1 saturated heterocycles. The zero-order valence-corrected chi connectivity index (χ0v) is 14.3. The molecule has 0 spiro atoms. The fourth-order valence-corrected chi connectivity index (χ4v) is 3.18. The van der Waals surface area contributed by atoms with Crippen molar-refractivity contribution in [2.24, 2.45) is 5.73 Å². The van der Waals surface area contributed by atoms with Crippen LogP contribution in [-0.2, 0) is 9.53 Å². The highest BCUT2D eigenvalue weighted by Gasteiger charge is 2.25. The molecule has 2 heterocycles. The number of nitrogens with two attached hydrogens (primary N) is 1. The lowest BCUT2D eigenvalue weighted by Crippen LogP contribution is -2.49. The Morgan fingerprint density at radius 3 is 2.60 bits per heavy atom. The molecule has 0 radical (unpaired) electrons. The van der Waals surface area contributed by atoms with Crippen LogP contribution in [0.2, 0.25) is 0 Å². The van der Waals surface area contributed by atoms with Gasteiger partial charge >= 0.3 is 5.97 Å². The van der Waals surface area contributed by atoms with E-state index in [-0.39, 0.29) is 18.4 Å². The van der Waals surface area contributed by atoms with E-state index in [4.69, 9.17) is 10.5 Å². The zero-order valence-electron chi connectivity index (χ0n) is 14.3. The van der Waals surface area contributed by atoms with E-state index < -0.39 is 0 Å². The van der Waals surface area contributed by atoms with Crippen LogP contribution >= 0.6 is 0 Å². The third-order valence-corrected chi connectivity index (χ3v) is 4.31. The van der Waals surface area contributed by atoms with E-state index >= 15 is 0 Å². The van der Waals surface area contributed by atoms with E-state index in [1.165, 1.54) is 0 Å². The van der Waals surface area contributed by atoms with Gasteiger partial charge < -0.3 is 15.4 Å². The number of amides is 1. The van der Waals surface area contributed by atoms with Crippen molar-refractivity contribution in [1.29, 1.82) is 0 Å². The van der Waals surface area contributed by atoms with E-state index in [2.05, 4.69) is 9.88 Å². The summed E-state index contributed by atoms with van der Waals surface area (Å²) in [5.41, 5.74) is 7.44. The Morgan fingerprint density at radius 1 is 1.20 bits per heavy atom. The summed E-state index contributed by atoms with van der Waals surface area (Å²) < 4.78 is 5.20. The third-order valence-electron chi connectivity index (χ3n) is 4.31. The first-order valence-corrected chi connectivity index (χ1v) is 8.40. The lowest BCUT2D eigenvalue weighted by Gasteiger charge is -2.36. The Labute approximate surface area is 146 Å². The highest BCUT2D eigenvalue weighted by atomic mass is 16.5. The highest BCUT2D eigenvalue weighted by Crippen LogP contribution is 2.31. The number of carbonyl (C=O) groups is 2. The number of benzene rings is 1. The number of ether oxygens (including phenoxy) is 1. The smallest absolute Gasteiger partial charge is 0.341 e. The molecular weight excluding hydrogens is 320 g/mol. The van der Waals surface area contributed by atoms with Crippen LogP contribution in [0.4, 0.5) is 5.69 Å². The van der Waals surface area contributed by atoms with Crippen molar-refractivity contribution in [3.8, 4) is 0 Å². The van der Waals surface area contributed by atoms with Gasteiger partial charge in [0.1, 0.15) is 5.56 Å². The maximum absolute atomic E-state index is 12.4. The molecule has 1 aromatic carbocycles. The SMILES string of the molecule is CCOC(=O)c1cnc2ccccc2c1N1CCN(CC(N)=O)CC1. The summed E-state index contributed by atoms with van der Waals surface area (Å²) in [6.07, 6.45) is 1.59. The van der Waals surface area contributed by atoms with Gasteiger partial charge in [0, 0.05) is 37.8 Å². The lowest BCUT2D eigenvalue weighted by molar-refractivity contribution is -0.119. The molecule has 0 aliphatic carbocycles. The molecule has 0 atom stereocenters. The van der Waals surface area contributed by atoms with Crippen LogP contribution < -0.4 is 10.6 Å². The van der Waals surface area contributed by atoms with Gasteiger partial charge in [-0.15, -0.1) is 0 Å². The average molecular weight is 342 g/mol. The second-order valence-electron chi connectivity index (χ2n) is 5.99. The van der Waals surface area contributed by atoms with Gasteiger partial charge in [0.25, 0.3) is 0 Å². The number of hydrogen-bond acceptors (Lipinski definition) is 6. The summed E-state index contributed by atoms with van der Waals surface area (Å²) in [5, 5.41) is 0.927. The molecule has 0 saturated carbocycles. The van der Waals surface area contributed by atoms with Gasteiger partial charge in [-0.3, -0.25) is 14.7 Å². The quantitative estimate of drug-likeness (QED) is 0.816. The monoisotopic (exact) mass is 342 g/mol. The first kappa shape index (κ1) is 17.2. The van der Waals surface area contributed by atoms with Crippen LogP contribution in [0.3, 0.4) is 0 Å². The number of esters is 1. The second-order valence-corrected chi connectivity index (χ2v) is 5.99. The number of pyridine rings is 1. The molecule has 1 aliphatic rings. The van der Waals surface area contributed by atoms with E-state index in [0.29, 0.717) is 38.3 Å². The van der Waals surface area contributed by atoms with Crippen LogP contribution in [0.25, 0.3) is 10.9 Å². The number of primary amides is 1. The van der Waals surface area contributed by atoms with Gasteiger partial charge in [-0.05, 0) is 13.0 Å². The first-order chi connectivity index (χ1) is 12.1. The number of fused-ring (bicyclic) bond motifs is 1. The normalized spacial score (nSPS) is 15.3. The molecule has 3 rings (SSSR count). The lowest BCUT2D eigenvalue weighted by atomic mass is 10.1. The van der Waals surface area contributed by atoms with Crippen LogP contribution in [0.1, 0.15) is 17.3 Å². The minimum atomic E-state index is -0.365. The van der Waals surface area contributed by atoms with Crippen LogP contribution in [-0.4, -0.2) is 61.1 Å². The summed E-state index contributed by atoms with van der Waals surface area (Å²) in [6, 6.07) is 7.76. The topological polar surface area (TPSA) is 88.8 Å². The molecular formula is C18H22N4O3. The first-order valence-electron chi connectivity index (χ1n) is 8.40. The summed E-state index contributed by atoms with van der Waals surface area (Å²) >= 11 is 0. The molecule has 0 unspecified atom stereocenters. The summed E-state index contributed by atoms with van der Waals surface area (Å²) in [4.78, 5) is 32.1. The number of aromatic nitrogens is 1. The summed E-state index contributed by atoms with van der Waals surface area (Å²) in [7, 11) is 0. The molecule has 0 bridgehead atoms. The van der Waals surface area contributed by atoms with Gasteiger partial charge in [-0.2, -0.15) is 0 Å². The Morgan fingerprint density at radius 2 is 1.92 bits per heavy atom. The summed E-state index contributed by atoms with van der Waals surface area (Å²) in [5.74, 6) is -0.689. The minimum absolute atomic E-state index is 0.260. The second kappa shape index (κ2) is 7.48. The van der Waals surface area contributed by atoms with Crippen molar-refractivity contribution >= 4 is 28.5 Å². The molecule has 1 amide bonds. The number of nitrogens with zero attached hydrogens (tertiary/aromatic N) is 3. The Bertz CT molecular complexity index is 785. The standard InChI is InChI=1S/C18H22N4O3/c1-2-25-18(24)14-11-20-15-6-4-3-5-13(15)17(14)22-9-7-21(8-10-22)12-16(19)23/h3-6,11H,2,7-10,12H2,1H3,(H2,19,23). The molecule has 25 heavy (non-hydrogen) atoms. The molecule has 1 aromatic heterocycles. The van der Waals surface area contributed by atoms with E-state index in [9.17, 15) is 9.59 Å². The Balaban J connectivity index is 1.95. The maximum Gasteiger partial charge on any atom is 0.341 e. The molecule has 7 nitrogen and oxygen atoms in total. The van der Waals surface area contributed by atoms with Gasteiger partial charge in [0.05, 0.1) is 24.4 Å². The van der Waals surface area contributed by atoms with E-state index in [1.54, 1.807) is 13.1 Å². The van der Waals surface area contributed by atoms with Crippen LogP contribution in [0, 0.1) is 0 Å². The Hall–Kier alpha value is -2.67. The fraction of sp³-hybridized carbons (Fsp3) is 0.389. The Kier molecular flexibility index (Phi) is 5.14. The van der Waals surface area contributed by atoms with E-state index in [0.717, 1.165) is 16.6 Å². The van der Waals surface area contributed by atoms with Crippen LogP contribution in [0.5, 0.6) is 0 Å². The fourth-order valence-electron chi connectivity index (χ4n) is 3.18. The predicted octanol–water partition coefficient (Wildman–Crippen LogP) is 1.02. The van der Waals surface area contributed by atoms with Crippen molar-refractivity contribution in [2.75, 3.05) is 44.2 Å². The minimum Gasteiger partial charge on any atom is -0.462 e. The molecule has 7 heteroatoms. The summed E-state index contributed by atoms with van der Waals surface area (Å²) in [6.45, 7) is 5.19. The van der Waals surface area contributed by atoms with Crippen molar-refractivity contribution in [3.05, 3.63) is 36.0 Å². The van der Waals surface area contributed by atoms with Gasteiger partial charge in [-0.25, -0.2) is 4.79 Å². The number of carbonyl (C=O) groups excluding carboxylic acids is 2. The number of rotatable bonds is 5. The molecule has 2 N–H and O–H groups in total. The number of piperazine rings is 1. The predicted molar refractivity (Wildman–Crippen MR) is 95.5 cm³/mol. The number of anilines is 1. The van der Waals surface area contributed by atoms with Crippen molar-refractivity contribution < 1.29 is 14.3 Å². The highest BCUT2D eigenvalue weighted by molar-refractivity contribution is 6.05. The average Bonchev–Trinajstić information content (AvgIpc) is 2.61. The molecule has 1 aliphatic heterocycles. The van der Waals surface area contributed by atoms with E-state index in [1.807, 2.05) is 29.2 Å². The zero-order chi connectivity index (χ0) is 17.8. The van der Waals surface area contributed by atoms with Crippen molar-refractivity contribution in [3.63, 3.8) is 0 Å². The third kappa shape index (κ3) is 3.71. The van der Waals surface area contributed by atoms with Gasteiger partial charge in [-0.1, -0.05) is 18.2 Å². The molecule has 1 fully saturated rings. The maximum atomic E-state index is 12.4. The van der Waals surface area contributed by atoms with Crippen molar-refractivity contribution in [2.45, 2.75) is 6.92 Å². The van der Waals surface area contributed by atoms with Gasteiger partial charge in [0.2, 0.25) is 5.91 Å². The van der Waals surface area contributed by atoms with Crippen LogP contribution in [0.15, 0.2) is 30.5 Å². The largest absolute Gasteiger partial charge is 0.462 e. The van der Waals surface area contributed by atoms with Gasteiger partial charge in [0.15, 0.2) is 0 Å². The molecule has 132 valence electrons. The molecule has 2 aromatic rings. The number of para-hydroxylation sites is 1. The number of hydrogen-bond donors (Lipinski definition) is 1.